The number of carbonyl (C=O) groups excluding carboxylic acids is 2. The molecule has 0 unspecified atom stereocenters. The zero-order valence-corrected chi connectivity index (χ0v) is 18.6. The molecule has 3 heterocycles. The largest absolute Gasteiger partial charge is 0.367 e. The number of amides is 2. The maximum atomic E-state index is 14.0. The van der Waals surface area contributed by atoms with Crippen LogP contribution in [0.3, 0.4) is 0 Å². The molecule has 0 spiro atoms. The summed E-state index contributed by atoms with van der Waals surface area (Å²) in [5.41, 5.74) is 3.50. The molecule has 9 heteroatoms. The van der Waals surface area contributed by atoms with Crippen LogP contribution in [0.1, 0.15) is 18.1 Å². The van der Waals surface area contributed by atoms with Gasteiger partial charge in [0.25, 0.3) is 0 Å². The SMILES string of the molecule is CC(=O)N1CCN(c2ccc(NC(=O)Cc3ccc(-c4ncncc4F)c(C)c3)nc2)CC1. The summed E-state index contributed by atoms with van der Waals surface area (Å²) in [5, 5.41) is 2.82. The number of hydrogen-bond acceptors (Lipinski definition) is 6. The summed E-state index contributed by atoms with van der Waals surface area (Å²) in [6, 6.07) is 9.11. The van der Waals surface area contributed by atoms with Gasteiger partial charge in [0, 0.05) is 38.7 Å². The van der Waals surface area contributed by atoms with E-state index in [4.69, 9.17) is 0 Å². The number of anilines is 2. The van der Waals surface area contributed by atoms with Crippen molar-refractivity contribution in [3.05, 3.63) is 66.0 Å². The van der Waals surface area contributed by atoms with Crippen LogP contribution in [0.4, 0.5) is 15.9 Å². The van der Waals surface area contributed by atoms with Gasteiger partial charge in [0.2, 0.25) is 11.8 Å². The van der Waals surface area contributed by atoms with Crippen LogP contribution in [0.5, 0.6) is 0 Å². The Kier molecular flexibility index (Phi) is 6.58. The van der Waals surface area contributed by atoms with Gasteiger partial charge in [-0.25, -0.2) is 19.3 Å². The van der Waals surface area contributed by atoms with Crippen LogP contribution in [0.25, 0.3) is 11.3 Å². The van der Waals surface area contributed by atoms with E-state index in [9.17, 15) is 14.0 Å². The van der Waals surface area contributed by atoms with Crippen molar-refractivity contribution in [1.29, 1.82) is 0 Å². The number of carbonyl (C=O) groups is 2. The average molecular weight is 449 g/mol. The van der Waals surface area contributed by atoms with Crippen LogP contribution in [-0.4, -0.2) is 57.8 Å². The number of nitrogens with one attached hydrogen (secondary N) is 1. The quantitative estimate of drug-likeness (QED) is 0.646. The summed E-state index contributed by atoms with van der Waals surface area (Å²) in [5.74, 6) is -0.105. The maximum absolute atomic E-state index is 14.0. The number of aryl methyl sites for hydroxylation is 1. The van der Waals surface area contributed by atoms with Crippen LogP contribution in [-0.2, 0) is 16.0 Å². The Morgan fingerprint density at radius 3 is 2.48 bits per heavy atom. The van der Waals surface area contributed by atoms with E-state index in [0.29, 0.717) is 24.5 Å². The number of hydrogen-bond donors (Lipinski definition) is 1. The van der Waals surface area contributed by atoms with Crippen LogP contribution in [0.15, 0.2) is 49.1 Å². The van der Waals surface area contributed by atoms with Gasteiger partial charge in [-0.2, -0.15) is 0 Å². The highest BCUT2D eigenvalue weighted by atomic mass is 19.1. The van der Waals surface area contributed by atoms with Gasteiger partial charge >= 0.3 is 0 Å². The van der Waals surface area contributed by atoms with Crippen LogP contribution in [0.2, 0.25) is 0 Å². The van der Waals surface area contributed by atoms with Crippen molar-refractivity contribution in [2.45, 2.75) is 20.3 Å². The number of nitrogens with zero attached hydrogens (tertiary/aromatic N) is 5. The lowest BCUT2D eigenvalue weighted by molar-refractivity contribution is -0.129. The lowest BCUT2D eigenvalue weighted by atomic mass is 10.0. The van der Waals surface area contributed by atoms with Gasteiger partial charge in [-0.15, -0.1) is 0 Å². The predicted molar refractivity (Wildman–Crippen MR) is 123 cm³/mol. The van der Waals surface area contributed by atoms with Crippen molar-refractivity contribution in [3.8, 4) is 11.3 Å². The Labute approximate surface area is 191 Å². The molecule has 8 nitrogen and oxygen atoms in total. The highest BCUT2D eigenvalue weighted by Gasteiger charge is 2.19. The summed E-state index contributed by atoms with van der Waals surface area (Å²) >= 11 is 0. The minimum atomic E-state index is -0.485. The first-order valence-corrected chi connectivity index (χ1v) is 10.7. The third-order valence-corrected chi connectivity index (χ3v) is 5.68. The molecule has 2 amide bonds. The fourth-order valence-electron chi connectivity index (χ4n) is 3.91. The van der Waals surface area contributed by atoms with Gasteiger partial charge in [-0.3, -0.25) is 9.59 Å². The first-order valence-electron chi connectivity index (χ1n) is 10.7. The molecule has 1 aliphatic heterocycles. The third-order valence-electron chi connectivity index (χ3n) is 5.68. The Morgan fingerprint density at radius 2 is 1.85 bits per heavy atom. The van der Waals surface area contributed by atoms with E-state index >= 15 is 0 Å². The zero-order valence-electron chi connectivity index (χ0n) is 18.6. The molecule has 1 aromatic carbocycles. The lowest BCUT2D eigenvalue weighted by Gasteiger charge is -2.35. The molecular weight excluding hydrogens is 423 g/mol. The molecule has 1 N–H and O–H groups in total. The number of rotatable bonds is 5. The van der Waals surface area contributed by atoms with Crippen molar-refractivity contribution in [2.75, 3.05) is 36.4 Å². The van der Waals surface area contributed by atoms with Crippen molar-refractivity contribution in [2.24, 2.45) is 0 Å². The minimum absolute atomic E-state index is 0.0943. The third kappa shape index (κ3) is 5.31. The minimum Gasteiger partial charge on any atom is -0.367 e. The molecule has 2 aromatic heterocycles. The summed E-state index contributed by atoms with van der Waals surface area (Å²) in [6.07, 6.45) is 4.34. The molecule has 33 heavy (non-hydrogen) atoms. The van der Waals surface area contributed by atoms with Crippen molar-refractivity contribution >= 4 is 23.3 Å². The molecule has 170 valence electrons. The van der Waals surface area contributed by atoms with E-state index in [2.05, 4.69) is 25.2 Å². The van der Waals surface area contributed by atoms with E-state index in [1.165, 1.54) is 6.33 Å². The van der Waals surface area contributed by atoms with Gasteiger partial charge in [-0.1, -0.05) is 18.2 Å². The fraction of sp³-hybridized carbons (Fsp3) is 0.292. The molecule has 3 aromatic rings. The fourth-order valence-corrected chi connectivity index (χ4v) is 3.91. The van der Waals surface area contributed by atoms with E-state index in [0.717, 1.165) is 36.1 Å². The van der Waals surface area contributed by atoms with Crippen LogP contribution < -0.4 is 10.2 Å². The average Bonchev–Trinajstić information content (AvgIpc) is 2.80. The van der Waals surface area contributed by atoms with Crippen molar-refractivity contribution in [1.82, 2.24) is 19.9 Å². The monoisotopic (exact) mass is 448 g/mol. The summed E-state index contributed by atoms with van der Waals surface area (Å²) in [6.45, 7) is 6.32. The second kappa shape index (κ2) is 9.72. The highest BCUT2D eigenvalue weighted by molar-refractivity contribution is 5.91. The molecule has 1 aliphatic rings. The van der Waals surface area contributed by atoms with Gasteiger partial charge in [0.05, 0.1) is 24.5 Å². The molecule has 1 fully saturated rings. The smallest absolute Gasteiger partial charge is 0.229 e. The summed E-state index contributed by atoms with van der Waals surface area (Å²) < 4.78 is 14.0. The van der Waals surface area contributed by atoms with Crippen molar-refractivity contribution in [3.63, 3.8) is 0 Å². The molecule has 0 atom stereocenters. The molecule has 1 saturated heterocycles. The van der Waals surface area contributed by atoms with E-state index in [-0.39, 0.29) is 23.9 Å². The summed E-state index contributed by atoms with van der Waals surface area (Å²) in [7, 11) is 0. The van der Waals surface area contributed by atoms with E-state index in [1.807, 2.05) is 24.0 Å². The zero-order chi connectivity index (χ0) is 23.4. The van der Waals surface area contributed by atoms with Crippen molar-refractivity contribution < 1.29 is 14.0 Å². The number of halogens is 1. The van der Waals surface area contributed by atoms with Gasteiger partial charge in [-0.05, 0) is 30.2 Å². The standard InChI is InChI=1S/C24H25FN6O2/c1-16-11-18(3-5-20(16)24-21(25)14-26-15-28-24)12-23(33)29-22-6-4-19(13-27-22)31-9-7-30(8-10-31)17(2)32/h3-6,11,13-15H,7-10,12H2,1-2H3,(H,27,29,33). The molecule has 4 rings (SSSR count). The number of pyridine rings is 1. The Hall–Kier alpha value is -3.88. The van der Waals surface area contributed by atoms with Gasteiger partial charge in [0.15, 0.2) is 5.82 Å². The first kappa shape index (κ1) is 22.3. The topological polar surface area (TPSA) is 91.3 Å². The Balaban J connectivity index is 1.35. The molecule has 0 aliphatic carbocycles. The van der Waals surface area contributed by atoms with Gasteiger partial charge < -0.3 is 15.1 Å². The predicted octanol–water partition coefficient (Wildman–Crippen LogP) is 2.84. The Morgan fingerprint density at radius 1 is 1.06 bits per heavy atom. The second-order valence-electron chi connectivity index (χ2n) is 7.99. The molecule has 0 saturated carbocycles. The van der Waals surface area contributed by atoms with E-state index < -0.39 is 5.82 Å². The molecule has 0 radical (unpaired) electrons. The second-order valence-corrected chi connectivity index (χ2v) is 7.99. The maximum Gasteiger partial charge on any atom is 0.229 e. The highest BCUT2D eigenvalue weighted by Crippen LogP contribution is 2.24. The summed E-state index contributed by atoms with van der Waals surface area (Å²) in [4.78, 5) is 40.0. The normalized spacial score (nSPS) is 13.7. The number of piperazine rings is 1. The van der Waals surface area contributed by atoms with Gasteiger partial charge in [0.1, 0.15) is 17.8 Å². The van der Waals surface area contributed by atoms with Crippen LogP contribution in [0, 0.1) is 12.7 Å². The first-order chi connectivity index (χ1) is 15.9. The lowest BCUT2D eigenvalue weighted by Crippen LogP contribution is -2.48. The molecular formula is C24H25FN6O2. The molecule has 0 bridgehead atoms. The van der Waals surface area contributed by atoms with E-state index in [1.54, 1.807) is 31.3 Å². The Bertz CT molecular complexity index is 1160. The van der Waals surface area contributed by atoms with Crippen LogP contribution >= 0.6 is 0 Å². The number of benzene rings is 1. The number of aromatic nitrogens is 3.